The first-order chi connectivity index (χ1) is 10.5. The number of allylic oxidation sites excluding steroid dienone is 2. The highest BCUT2D eigenvalue weighted by Gasteiger charge is 2.55. The molecule has 2 N–H and O–H groups in total. The van der Waals surface area contributed by atoms with Gasteiger partial charge < -0.3 is 0 Å². The Morgan fingerprint density at radius 3 is 2.39 bits per heavy atom. The molecule has 0 aromatic rings. The summed E-state index contributed by atoms with van der Waals surface area (Å²) >= 11 is 5.01. The number of nitrogens with zero attached hydrogens (tertiary/aromatic N) is 2. The van der Waals surface area contributed by atoms with Crippen molar-refractivity contribution in [1.29, 1.82) is 0 Å². The van der Waals surface area contributed by atoms with Crippen LogP contribution in [0.3, 0.4) is 0 Å². The number of hydrogen-bond donors (Lipinski definition) is 2. The van der Waals surface area contributed by atoms with E-state index in [4.69, 9.17) is 18.5 Å². The predicted molar refractivity (Wildman–Crippen MR) is 103 cm³/mol. The number of nitrogens with two attached hydrogens (primary N) is 1. The van der Waals surface area contributed by atoms with Gasteiger partial charge in [0.2, 0.25) is 0 Å². The van der Waals surface area contributed by atoms with E-state index in [1.165, 1.54) is 37.0 Å². The molecule has 0 heterocycles. The van der Waals surface area contributed by atoms with E-state index in [2.05, 4.69) is 46.6 Å². The SMILES string of the molecule is C/C1=C(\N(C(C)C)N(C)N)CC[C@@](C)(C(C)(C)S)C2CC2CC1. The van der Waals surface area contributed by atoms with E-state index in [0.717, 1.165) is 18.3 Å². The van der Waals surface area contributed by atoms with Crippen molar-refractivity contribution < 1.29 is 0 Å². The van der Waals surface area contributed by atoms with Crippen LogP contribution in [0.15, 0.2) is 11.3 Å². The fraction of sp³-hybridized carbons (Fsp3) is 0.895. The average Bonchev–Trinajstić information content (AvgIpc) is 3.16. The summed E-state index contributed by atoms with van der Waals surface area (Å²) in [4.78, 5) is 0. The summed E-state index contributed by atoms with van der Waals surface area (Å²) in [5.41, 5.74) is 3.23. The minimum absolute atomic E-state index is 0.0487. The van der Waals surface area contributed by atoms with Crippen LogP contribution < -0.4 is 5.84 Å². The molecular formula is C19H37N3S. The van der Waals surface area contributed by atoms with Crippen LogP contribution in [0.1, 0.15) is 73.6 Å². The number of rotatable bonds is 4. The van der Waals surface area contributed by atoms with Crippen molar-refractivity contribution in [2.24, 2.45) is 23.1 Å². The first-order valence-electron chi connectivity index (χ1n) is 9.17. The summed E-state index contributed by atoms with van der Waals surface area (Å²) in [6.07, 6.45) is 6.20. The fourth-order valence-corrected chi connectivity index (χ4v) is 4.88. The standard InChI is InChI=1S/C19H37N3S/c1-13(2)22(21(7)20)17-10-11-19(6,18(4,5)23)16-12-15(16)9-8-14(17)3/h13,15-16,23H,8-12,20H2,1-7H3/b17-14+/t15?,16?,19-/m1/s1. The monoisotopic (exact) mass is 339 g/mol. The zero-order valence-electron chi connectivity index (χ0n) is 16.2. The molecule has 4 heteroatoms. The fourth-order valence-electron chi connectivity index (χ4n) is 4.61. The third kappa shape index (κ3) is 3.74. The molecule has 3 atom stereocenters. The zero-order valence-corrected chi connectivity index (χ0v) is 17.1. The summed E-state index contributed by atoms with van der Waals surface area (Å²) in [6.45, 7) is 13.8. The summed E-state index contributed by atoms with van der Waals surface area (Å²) in [6, 6.07) is 0.375. The van der Waals surface area contributed by atoms with Gasteiger partial charge in [0.05, 0.1) is 0 Å². The van der Waals surface area contributed by atoms with Gasteiger partial charge in [-0.15, -0.1) is 0 Å². The lowest BCUT2D eigenvalue weighted by Crippen LogP contribution is -2.48. The Morgan fingerprint density at radius 2 is 1.91 bits per heavy atom. The number of fused-ring (bicyclic) bond motifs is 1. The molecule has 1 saturated carbocycles. The second kappa shape index (κ2) is 6.61. The van der Waals surface area contributed by atoms with E-state index in [-0.39, 0.29) is 10.2 Å². The van der Waals surface area contributed by atoms with Crippen LogP contribution in [-0.4, -0.2) is 28.0 Å². The number of hydrazine groups is 2. The van der Waals surface area contributed by atoms with Gasteiger partial charge in [-0.3, -0.25) is 10.9 Å². The molecule has 0 saturated heterocycles. The summed E-state index contributed by atoms with van der Waals surface area (Å²) in [7, 11) is 1.95. The molecule has 3 nitrogen and oxygen atoms in total. The quantitative estimate of drug-likeness (QED) is 0.445. The Balaban J connectivity index is 2.34. The Labute approximate surface area is 149 Å². The van der Waals surface area contributed by atoms with Gasteiger partial charge in [0.1, 0.15) is 0 Å². The maximum atomic E-state index is 6.16. The van der Waals surface area contributed by atoms with E-state index in [1.807, 2.05) is 7.05 Å². The minimum atomic E-state index is 0.0487. The van der Waals surface area contributed by atoms with Crippen molar-refractivity contribution in [3.05, 3.63) is 11.3 Å². The highest BCUT2D eigenvalue weighted by atomic mass is 32.1. The lowest BCUT2D eigenvalue weighted by atomic mass is 9.70. The van der Waals surface area contributed by atoms with Crippen LogP contribution in [0.25, 0.3) is 0 Å². The van der Waals surface area contributed by atoms with Gasteiger partial charge in [-0.25, -0.2) is 0 Å². The van der Waals surface area contributed by atoms with Gasteiger partial charge in [-0.1, -0.05) is 26.3 Å². The summed E-state index contributed by atoms with van der Waals surface area (Å²) in [5.74, 6) is 7.89. The van der Waals surface area contributed by atoms with Crippen LogP contribution in [-0.2, 0) is 0 Å². The molecule has 0 amide bonds. The predicted octanol–water partition coefficient (Wildman–Crippen LogP) is 4.62. The maximum Gasteiger partial charge on any atom is 0.0410 e. The zero-order chi connectivity index (χ0) is 17.6. The molecule has 0 aromatic heterocycles. The Morgan fingerprint density at radius 1 is 1.30 bits per heavy atom. The van der Waals surface area contributed by atoms with Crippen molar-refractivity contribution in [1.82, 2.24) is 10.1 Å². The van der Waals surface area contributed by atoms with Crippen LogP contribution in [0.5, 0.6) is 0 Å². The van der Waals surface area contributed by atoms with Gasteiger partial charge in [-0.2, -0.15) is 17.7 Å². The van der Waals surface area contributed by atoms with Gasteiger partial charge in [0, 0.05) is 23.5 Å². The molecule has 0 spiro atoms. The second-order valence-electron chi connectivity index (χ2n) is 8.86. The molecule has 134 valence electrons. The number of hydrogen-bond acceptors (Lipinski definition) is 4. The van der Waals surface area contributed by atoms with Gasteiger partial charge in [0.15, 0.2) is 0 Å². The molecule has 1 fully saturated rings. The topological polar surface area (TPSA) is 32.5 Å². The average molecular weight is 340 g/mol. The third-order valence-corrected chi connectivity index (χ3v) is 7.02. The van der Waals surface area contributed by atoms with Gasteiger partial charge in [-0.05, 0) is 70.1 Å². The molecular weight excluding hydrogens is 302 g/mol. The van der Waals surface area contributed by atoms with Crippen LogP contribution in [0, 0.1) is 17.3 Å². The molecule has 2 aliphatic rings. The first kappa shape index (κ1) is 19.1. The lowest BCUT2D eigenvalue weighted by molar-refractivity contribution is -0.00107. The molecule has 0 aliphatic heterocycles. The maximum absolute atomic E-state index is 6.16. The van der Waals surface area contributed by atoms with Gasteiger partial charge >= 0.3 is 0 Å². The minimum Gasteiger partial charge on any atom is -0.295 e. The normalized spacial score (nSPS) is 35.6. The number of thiol groups is 1. The van der Waals surface area contributed by atoms with Crippen LogP contribution >= 0.6 is 12.6 Å². The Hall–Kier alpha value is -0.190. The molecule has 0 bridgehead atoms. The molecule has 2 aliphatic carbocycles. The molecule has 2 unspecified atom stereocenters. The smallest absolute Gasteiger partial charge is 0.0410 e. The van der Waals surface area contributed by atoms with Crippen LogP contribution in [0.2, 0.25) is 0 Å². The Bertz CT molecular complexity index is 456. The van der Waals surface area contributed by atoms with E-state index in [1.54, 1.807) is 5.12 Å². The van der Waals surface area contributed by atoms with Crippen molar-refractivity contribution in [2.45, 2.75) is 84.4 Å². The van der Waals surface area contributed by atoms with E-state index >= 15 is 0 Å². The van der Waals surface area contributed by atoms with Crippen LogP contribution in [0.4, 0.5) is 0 Å². The van der Waals surface area contributed by atoms with Crippen molar-refractivity contribution in [3.63, 3.8) is 0 Å². The highest BCUT2D eigenvalue weighted by molar-refractivity contribution is 7.81. The summed E-state index contributed by atoms with van der Waals surface area (Å²) < 4.78 is 0.0487. The summed E-state index contributed by atoms with van der Waals surface area (Å²) in [5, 5.41) is 4.05. The molecule has 2 rings (SSSR count). The van der Waals surface area contributed by atoms with Gasteiger partial charge in [0.25, 0.3) is 0 Å². The third-order valence-electron chi connectivity index (χ3n) is 6.51. The van der Waals surface area contributed by atoms with E-state index in [0.29, 0.717) is 6.04 Å². The molecule has 0 radical (unpaired) electrons. The van der Waals surface area contributed by atoms with E-state index < -0.39 is 0 Å². The molecule has 0 aromatic carbocycles. The Kier molecular flexibility index (Phi) is 5.50. The molecule has 23 heavy (non-hydrogen) atoms. The lowest BCUT2D eigenvalue weighted by Gasteiger charge is -2.44. The highest BCUT2D eigenvalue weighted by Crippen LogP contribution is 2.61. The van der Waals surface area contributed by atoms with E-state index in [9.17, 15) is 0 Å². The second-order valence-corrected chi connectivity index (χ2v) is 9.97. The van der Waals surface area contributed by atoms with Crippen molar-refractivity contribution >= 4 is 12.6 Å². The largest absolute Gasteiger partial charge is 0.295 e. The van der Waals surface area contributed by atoms with Crippen molar-refractivity contribution in [2.75, 3.05) is 7.05 Å². The van der Waals surface area contributed by atoms with Crippen molar-refractivity contribution in [3.8, 4) is 0 Å². The first-order valence-corrected chi connectivity index (χ1v) is 9.62.